The smallest absolute Gasteiger partial charge is 0.218 e. The largest absolute Gasteiger partial charge is 0.382 e. The zero-order chi connectivity index (χ0) is 75.3. The molecule has 0 saturated heterocycles. The van der Waals surface area contributed by atoms with Gasteiger partial charge in [0.05, 0.1) is 106 Å². The number of hydrogen-bond acceptors (Lipinski definition) is 36. The Labute approximate surface area is 599 Å². The molecule has 5 atom stereocenters. The van der Waals surface area contributed by atoms with Crippen molar-refractivity contribution in [3.8, 4) is 0 Å². The molecule has 0 amide bonds. The van der Waals surface area contributed by atoms with E-state index in [0.29, 0.717) is 170 Å². The predicted molar refractivity (Wildman–Crippen MR) is 372 cm³/mol. The molecule has 0 saturated carbocycles. The quantitative estimate of drug-likeness (QED) is 0.0310. The Morgan fingerprint density at radius 2 is 0.426 bits per heavy atom. The van der Waals surface area contributed by atoms with E-state index in [1.54, 1.807) is 97.4 Å². The summed E-state index contributed by atoms with van der Waals surface area (Å²) in [6, 6.07) is 0. The summed E-state index contributed by atoms with van der Waals surface area (Å²) in [7, 11) is 16.1. The van der Waals surface area contributed by atoms with Gasteiger partial charge in [0.2, 0.25) is 34.0 Å². The van der Waals surface area contributed by atoms with Crippen LogP contribution in [-0.4, -0.2) is 322 Å². The van der Waals surface area contributed by atoms with E-state index in [4.69, 9.17) is 124 Å². The Morgan fingerprint density at radius 3 is 0.604 bits per heavy atom. The van der Waals surface area contributed by atoms with Crippen molar-refractivity contribution in [1.29, 1.82) is 0 Å². The maximum absolute atomic E-state index is 10.6. The zero-order valence-corrected chi connectivity index (χ0v) is 62.2. The van der Waals surface area contributed by atoms with Crippen LogP contribution in [0.2, 0.25) is 0 Å². The average molecular weight is 1470 g/mol. The normalized spacial score (nSPS) is 12.6. The number of carbonyl (C=O) groups excluding carboxylic acids is 5. The number of ketones is 5. The summed E-state index contributed by atoms with van der Waals surface area (Å²) < 4.78 is 107. The van der Waals surface area contributed by atoms with Gasteiger partial charge in [-0.25, -0.2) is 0 Å². The van der Waals surface area contributed by atoms with E-state index in [1.807, 2.05) is 0 Å². The minimum absolute atomic E-state index is 0. The van der Waals surface area contributed by atoms with Gasteiger partial charge in [-0.15, -0.1) is 0 Å². The molecule has 0 aromatic carbocycles. The van der Waals surface area contributed by atoms with Crippen molar-refractivity contribution >= 4 is 60.0 Å². The number of methoxy groups -OCH3 is 10. The lowest BCUT2D eigenvalue weighted by Gasteiger charge is -2.14. The summed E-state index contributed by atoms with van der Waals surface area (Å²) in [4.78, 5) is 77.2. The van der Waals surface area contributed by atoms with E-state index in [1.165, 1.54) is 39.4 Å². The summed E-state index contributed by atoms with van der Waals surface area (Å²) in [6.07, 6.45) is 12.5. The van der Waals surface area contributed by atoms with Crippen LogP contribution in [0.3, 0.4) is 0 Å². The molecule has 36 nitrogen and oxygen atoms in total. The Morgan fingerprint density at radius 1 is 0.248 bits per heavy atom. The molecule has 0 aliphatic carbocycles. The lowest BCUT2D eigenvalue weighted by molar-refractivity contribution is -0.138. The second-order valence-electron chi connectivity index (χ2n) is 20.1. The van der Waals surface area contributed by atoms with Crippen LogP contribution in [0.1, 0.15) is 106 Å². The molecule has 0 aromatic rings. The average Bonchev–Trinajstić information content (AvgIpc) is 2.60. The molecule has 0 radical (unpaired) electrons. The summed E-state index contributed by atoms with van der Waals surface area (Å²) >= 11 is 0. The number of nitrogens with zero attached hydrogens (tertiary/aromatic N) is 5. The molecule has 5 unspecified atom stereocenters. The number of ether oxygens (including phenoxy) is 21. The number of oxime groups is 5. The molecule has 101 heavy (non-hydrogen) atoms. The lowest BCUT2D eigenvalue weighted by Crippen LogP contribution is -2.24. The number of rotatable bonds is 70. The summed E-state index contributed by atoms with van der Waals surface area (Å²) in [5.74, 6) is 0.637. The second kappa shape index (κ2) is 92.9. The molecular formula is C65H127N5O31. The number of carbonyl (C=O) groups is 5. The maximum Gasteiger partial charge on any atom is 0.218 e. The highest BCUT2D eigenvalue weighted by atomic mass is 16.8. The van der Waals surface area contributed by atoms with Gasteiger partial charge in [-0.3, -0.25) is 0 Å². The third-order valence-electron chi connectivity index (χ3n) is 11.1. The fourth-order valence-electron chi connectivity index (χ4n) is 5.87. The van der Waals surface area contributed by atoms with Crippen LogP contribution >= 0.6 is 0 Å². The van der Waals surface area contributed by atoms with Crippen molar-refractivity contribution < 1.29 is 148 Å². The molecule has 0 fully saturated rings. The van der Waals surface area contributed by atoms with Crippen molar-refractivity contribution in [2.75, 3.05) is 231 Å². The zero-order valence-electron chi connectivity index (χ0n) is 62.2. The second-order valence-corrected chi connectivity index (χ2v) is 20.1. The molecule has 36 heteroatoms. The van der Waals surface area contributed by atoms with Gasteiger partial charge in [0.15, 0.2) is 20.4 Å². The van der Waals surface area contributed by atoms with Crippen molar-refractivity contribution in [3.05, 3.63) is 0 Å². The molecular weight excluding hydrogens is 1350 g/mol. The SMILES string of the molecule is C.COCC(COCCOCOCO/N=C\CCC(C)=O)OC.COCC(COCCOCOCO/N=C\CCC(C)=O)OC.COCC(COCCOCOCO/N=C\CCC(C)=O)OC.COCC(COCO/N=C/CCC(C)=O)OC.COCC(COCO/N=C/CCC(C)=O)OC. The van der Waals surface area contributed by atoms with E-state index in [-0.39, 0.29) is 121 Å². The molecule has 0 N–H and O–H groups in total. The van der Waals surface area contributed by atoms with Crippen LogP contribution in [-0.2, 0) is 148 Å². The molecule has 0 bridgehead atoms. The standard InChI is InChI=1S/3C14H27NO7.2C11H21NO5.CH4/c3*1-13(16)5-4-6-15-22-12-21-11-20-8-7-19-10-14(18-3)9-17-2;2*1-10(13)5-4-6-12-17-9-16-8-11(15-3)7-14-2;/h3*6,14H,4-5,7-12H2,1-3H3;2*6,11H,4-5,7-9H2,1-3H3;1H4/b3*15-6-;2*12-6+;. The lowest BCUT2D eigenvalue weighted by atomic mass is 10.2. The topological polar surface area (TPSA) is 387 Å². The van der Waals surface area contributed by atoms with Crippen molar-refractivity contribution in [1.82, 2.24) is 0 Å². The van der Waals surface area contributed by atoms with E-state index in [0.717, 1.165) is 0 Å². The van der Waals surface area contributed by atoms with E-state index in [9.17, 15) is 24.0 Å². The molecule has 0 aromatic heterocycles. The summed E-state index contributed by atoms with van der Waals surface area (Å²) in [5.41, 5.74) is 0. The molecule has 0 aliphatic rings. The Kier molecular flexibility index (Phi) is 98.2. The van der Waals surface area contributed by atoms with Crippen LogP contribution in [0.5, 0.6) is 0 Å². The minimum Gasteiger partial charge on any atom is -0.382 e. The first-order chi connectivity index (χ1) is 48.5. The Balaban J connectivity index is -0.000000280. The van der Waals surface area contributed by atoms with Crippen LogP contribution < -0.4 is 0 Å². The highest BCUT2D eigenvalue weighted by Gasteiger charge is 2.10. The molecule has 598 valence electrons. The van der Waals surface area contributed by atoms with Crippen molar-refractivity contribution in [2.45, 2.75) is 137 Å². The van der Waals surface area contributed by atoms with Gasteiger partial charge in [0.25, 0.3) is 0 Å². The first kappa shape index (κ1) is 107. The summed E-state index contributed by atoms with van der Waals surface area (Å²) in [5, 5.41) is 18.2. The first-order valence-corrected chi connectivity index (χ1v) is 32.1. The third-order valence-corrected chi connectivity index (χ3v) is 11.1. The van der Waals surface area contributed by atoms with E-state index in [2.05, 4.69) is 25.8 Å². The monoisotopic (exact) mass is 1470 g/mol. The fraction of sp³-hybridized carbons (Fsp3) is 0.846. The van der Waals surface area contributed by atoms with Gasteiger partial charge < -0.3 is 148 Å². The predicted octanol–water partition coefficient (Wildman–Crippen LogP) is 5.58. The van der Waals surface area contributed by atoms with Crippen LogP contribution in [0.25, 0.3) is 0 Å². The Bertz CT molecular complexity index is 1720. The first-order valence-electron chi connectivity index (χ1n) is 32.1. The van der Waals surface area contributed by atoms with Gasteiger partial charge in [-0.1, -0.05) is 33.2 Å². The van der Waals surface area contributed by atoms with Gasteiger partial charge in [-0.2, -0.15) is 0 Å². The maximum atomic E-state index is 10.6. The fourth-order valence-corrected chi connectivity index (χ4v) is 5.87. The van der Waals surface area contributed by atoms with Crippen LogP contribution in [0, 0.1) is 0 Å². The number of hydrogen-bond donors (Lipinski definition) is 0. The van der Waals surface area contributed by atoms with Gasteiger partial charge in [0, 0.05) is 134 Å². The highest BCUT2D eigenvalue weighted by Crippen LogP contribution is 1.99. The van der Waals surface area contributed by atoms with Crippen molar-refractivity contribution in [2.24, 2.45) is 25.8 Å². The molecule has 0 spiro atoms. The summed E-state index contributed by atoms with van der Waals surface area (Å²) in [6.45, 7) is 15.1. The van der Waals surface area contributed by atoms with Gasteiger partial charge in [0.1, 0.15) is 59.4 Å². The van der Waals surface area contributed by atoms with Crippen LogP contribution in [0.4, 0.5) is 0 Å². The number of Topliss-reactive ketones (excluding diaryl/α,β-unsaturated/α-hetero) is 5. The van der Waals surface area contributed by atoms with E-state index >= 15 is 0 Å². The third kappa shape index (κ3) is 101. The van der Waals surface area contributed by atoms with Crippen molar-refractivity contribution in [3.63, 3.8) is 0 Å². The van der Waals surface area contributed by atoms with Gasteiger partial charge in [-0.05, 0) is 66.7 Å². The minimum atomic E-state index is -0.106. The highest BCUT2D eigenvalue weighted by molar-refractivity contribution is 5.80. The Hall–Kier alpha value is -5.14. The molecule has 0 aliphatic heterocycles. The van der Waals surface area contributed by atoms with Crippen LogP contribution in [0.15, 0.2) is 25.8 Å². The molecule has 0 rings (SSSR count). The molecule has 0 heterocycles. The van der Waals surface area contributed by atoms with E-state index < -0.39 is 0 Å². The van der Waals surface area contributed by atoms with Gasteiger partial charge >= 0.3 is 0 Å².